The predicted octanol–water partition coefficient (Wildman–Crippen LogP) is 2.50. The van der Waals surface area contributed by atoms with Crippen LogP contribution in [0, 0.1) is 5.92 Å². The summed E-state index contributed by atoms with van der Waals surface area (Å²) in [5.74, 6) is -0.402. The summed E-state index contributed by atoms with van der Waals surface area (Å²) in [6.07, 6.45) is 5.17. The summed E-state index contributed by atoms with van der Waals surface area (Å²) in [6.45, 7) is 6.15. The minimum atomic E-state index is -0.887. The SMILES string of the molecule is CC(C)C(=O)Nc1ccc2c(C(C(=O)O)N3CCN(c4ncccn4)CC3)c[nH]c2c1. The largest absolute Gasteiger partial charge is 0.480 e. The van der Waals surface area contributed by atoms with Crippen molar-refractivity contribution in [2.75, 3.05) is 36.4 Å². The van der Waals surface area contributed by atoms with Crippen LogP contribution in [0.3, 0.4) is 0 Å². The van der Waals surface area contributed by atoms with E-state index in [0.29, 0.717) is 43.4 Å². The van der Waals surface area contributed by atoms with E-state index >= 15 is 0 Å². The van der Waals surface area contributed by atoms with Gasteiger partial charge in [-0.3, -0.25) is 14.5 Å². The Labute approximate surface area is 180 Å². The van der Waals surface area contributed by atoms with Crippen LogP contribution in [0.15, 0.2) is 42.9 Å². The van der Waals surface area contributed by atoms with Gasteiger partial charge in [-0.1, -0.05) is 19.9 Å². The summed E-state index contributed by atoms with van der Waals surface area (Å²) in [5, 5.41) is 13.7. The van der Waals surface area contributed by atoms with Gasteiger partial charge in [0.25, 0.3) is 0 Å². The van der Waals surface area contributed by atoms with E-state index in [4.69, 9.17) is 0 Å². The summed E-state index contributed by atoms with van der Waals surface area (Å²) in [6, 6.07) is 6.52. The number of nitrogens with one attached hydrogen (secondary N) is 2. The quantitative estimate of drug-likeness (QED) is 0.559. The van der Waals surface area contributed by atoms with Crippen molar-refractivity contribution in [3.63, 3.8) is 0 Å². The normalized spacial score (nSPS) is 15.9. The van der Waals surface area contributed by atoms with Crippen molar-refractivity contribution in [1.82, 2.24) is 19.9 Å². The van der Waals surface area contributed by atoms with Crippen LogP contribution in [0.5, 0.6) is 0 Å². The van der Waals surface area contributed by atoms with Gasteiger partial charge in [-0.05, 0) is 18.2 Å². The van der Waals surface area contributed by atoms with Crippen LogP contribution in [0.25, 0.3) is 10.9 Å². The number of carboxylic acid groups (broad SMARTS) is 1. The Kier molecular flexibility index (Phi) is 5.85. The second-order valence-electron chi connectivity index (χ2n) is 7.96. The number of carbonyl (C=O) groups is 2. The van der Waals surface area contributed by atoms with Gasteiger partial charge in [0, 0.05) is 72.8 Å². The highest BCUT2D eigenvalue weighted by atomic mass is 16.4. The first-order valence-electron chi connectivity index (χ1n) is 10.3. The van der Waals surface area contributed by atoms with Crippen molar-refractivity contribution in [3.05, 3.63) is 48.4 Å². The second kappa shape index (κ2) is 8.73. The molecule has 1 amide bonds. The average Bonchev–Trinajstić information content (AvgIpc) is 3.17. The van der Waals surface area contributed by atoms with Crippen molar-refractivity contribution in [2.45, 2.75) is 19.9 Å². The van der Waals surface area contributed by atoms with E-state index in [1.807, 2.05) is 36.9 Å². The van der Waals surface area contributed by atoms with E-state index in [0.717, 1.165) is 10.9 Å². The molecule has 3 heterocycles. The van der Waals surface area contributed by atoms with Gasteiger partial charge < -0.3 is 20.3 Å². The van der Waals surface area contributed by atoms with Crippen molar-refractivity contribution >= 4 is 34.4 Å². The van der Waals surface area contributed by atoms with Gasteiger partial charge in [0.1, 0.15) is 6.04 Å². The molecule has 0 aliphatic carbocycles. The third-order valence-corrected chi connectivity index (χ3v) is 5.55. The van der Waals surface area contributed by atoms with E-state index in [9.17, 15) is 14.7 Å². The van der Waals surface area contributed by atoms with Crippen molar-refractivity contribution in [2.24, 2.45) is 5.92 Å². The predicted molar refractivity (Wildman–Crippen MR) is 118 cm³/mol. The van der Waals surface area contributed by atoms with Crippen LogP contribution >= 0.6 is 0 Å². The number of carbonyl (C=O) groups excluding carboxylic acids is 1. The Morgan fingerprint density at radius 2 is 1.84 bits per heavy atom. The molecule has 0 bridgehead atoms. The lowest BCUT2D eigenvalue weighted by molar-refractivity contribution is -0.143. The fourth-order valence-corrected chi connectivity index (χ4v) is 3.86. The molecule has 162 valence electrons. The summed E-state index contributed by atoms with van der Waals surface area (Å²) < 4.78 is 0. The van der Waals surface area contributed by atoms with E-state index in [2.05, 4.69) is 25.2 Å². The zero-order valence-electron chi connectivity index (χ0n) is 17.6. The van der Waals surface area contributed by atoms with Gasteiger partial charge >= 0.3 is 5.97 Å². The topological polar surface area (TPSA) is 114 Å². The monoisotopic (exact) mass is 422 g/mol. The van der Waals surface area contributed by atoms with Gasteiger partial charge in [0.15, 0.2) is 0 Å². The molecule has 9 heteroatoms. The van der Waals surface area contributed by atoms with E-state index < -0.39 is 12.0 Å². The maximum atomic E-state index is 12.2. The fraction of sp³-hybridized carbons (Fsp3) is 0.364. The number of fused-ring (bicyclic) bond motifs is 1. The zero-order valence-corrected chi connectivity index (χ0v) is 17.6. The maximum absolute atomic E-state index is 12.2. The number of hydrogen-bond donors (Lipinski definition) is 3. The Morgan fingerprint density at radius 1 is 1.13 bits per heavy atom. The van der Waals surface area contributed by atoms with Crippen LogP contribution < -0.4 is 10.2 Å². The zero-order chi connectivity index (χ0) is 22.0. The summed E-state index contributed by atoms with van der Waals surface area (Å²) in [7, 11) is 0. The summed E-state index contributed by atoms with van der Waals surface area (Å²) >= 11 is 0. The molecule has 4 rings (SSSR count). The number of amides is 1. The lowest BCUT2D eigenvalue weighted by atomic mass is 10.0. The van der Waals surface area contributed by atoms with Crippen LogP contribution in [0.1, 0.15) is 25.5 Å². The molecule has 0 radical (unpaired) electrons. The molecule has 3 aromatic rings. The minimum absolute atomic E-state index is 0.0604. The molecular formula is C22H26N6O3. The first-order chi connectivity index (χ1) is 14.9. The summed E-state index contributed by atoms with van der Waals surface area (Å²) in [4.78, 5) is 40.0. The lowest BCUT2D eigenvalue weighted by Crippen LogP contribution is -2.49. The number of benzene rings is 1. The molecule has 2 aromatic heterocycles. The number of piperazine rings is 1. The van der Waals surface area contributed by atoms with Gasteiger partial charge in [-0.25, -0.2) is 9.97 Å². The average molecular weight is 422 g/mol. The van der Waals surface area contributed by atoms with Gasteiger partial charge in [-0.15, -0.1) is 0 Å². The van der Waals surface area contributed by atoms with Crippen LogP contribution in [0.2, 0.25) is 0 Å². The Morgan fingerprint density at radius 3 is 2.48 bits per heavy atom. The first-order valence-corrected chi connectivity index (χ1v) is 10.3. The summed E-state index contributed by atoms with van der Waals surface area (Å²) in [5.41, 5.74) is 2.19. The van der Waals surface area contributed by atoms with Crippen molar-refractivity contribution in [1.29, 1.82) is 0 Å². The van der Waals surface area contributed by atoms with Crippen molar-refractivity contribution < 1.29 is 14.7 Å². The molecule has 0 saturated carbocycles. The van der Waals surface area contributed by atoms with E-state index in [-0.39, 0.29) is 11.8 Å². The first kappa shape index (κ1) is 20.8. The third-order valence-electron chi connectivity index (χ3n) is 5.55. The number of aromatic amines is 1. The fourth-order valence-electron chi connectivity index (χ4n) is 3.86. The van der Waals surface area contributed by atoms with Crippen molar-refractivity contribution in [3.8, 4) is 0 Å². The minimum Gasteiger partial charge on any atom is -0.480 e. The van der Waals surface area contributed by atoms with Crippen LogP contribution in [0.4, 0.5) is 11.6 Å². The molecule has 1 atom stereocenters. The van der Waals surface area contributed by atoms with Crippen LogP contribution in [-0.2, 0) is 9.59 Å². The molecule has 9 nitrogen and oxygen atoms in total. The standard InChI is InChI=1S/C22H26N6O3/c1-14(2)20(29)26-15-4-5-16-17(13-25-18(16)12-15)19(21(30)31)27-8-10-28(11-9-27)22-23-6-3-7-24-22/h3-7,12-14,19,25H,8-11H2,1-2H3,(H,26,29)(H,30,31). The maximum Gasteiger partial charge on any atom is 0.325 e. The molecule has 3 N–H and O–H groups in total. The van der Waals surface area contributed by atoms with Gasteiger partial charge in [0.05, 0.1) is 0 Å². The second-order valence-corrected chi connectivity index (χ2v) is 7.96. The number of rotatable bonds is 6. The number of hydrogen-bond acceptors (Lipinski definition) is 6. The highest BCUT2D eigenvalue weighted by Gasteiger charge is 2.32. The molecule has 1 aromatic carbocycles. The van der Waals surface area contributed by atoms with Gasteiger partial charge in [-0.2, -0.15) is 0 Å². The number of aliphatic carboxylic acids is 1. The Hall–Kier alpha value is -3.46. The third kappa shape index (κ3) is 4.36. The highest BCUT2D eigenvalue weighted by molar-refractivity contribution is 5.96. The molecule has 1 unspecified atom stereocenters. The van der Waals surface area contributed by atoms with Gasteiger partial charge in [0.2, 0.25) is 11.9 Å². The molecule has 0 spiro atoms. The smallest absolute Gasteiger partial charge is 0.325 e. The van der Waals surface area contributed by atoms with E-state index in [1.54, 1.807) is 24.7 Å². The molecule has 1 aliphatic heterocycles. The van der Waals surface area contributed by atoms with E-state index in [1.165, 1.54) is 0 Å². The number of anilines is 2. The molecule has 1 fully saturated rings. The Bertz CT molecular complexity index is 1070. The number of aromatic nitrogens is 3. The lowest BCUT2D eigenvalue weighted by Gasteiger charge is -2.37. The number of carboxylic acids is 1. The molecule has 1 saturated heterocycles. The van der Waals surface area contributed by atoms with Crippen LogP contribution in [-0.4, -0.2) is 63.0 Å². The molecule has 31 heavy (non-hydrogen) atoms. The number of H-pyrrole nitrogens is 1. The Balaban J connectivity index is 1.53. The molecule has 1 aliphatic rings. The number of nitrogens with zero attached hydrogens (tertiary/aromatic N) is 4. The molecular weight excluding hydrogens is 396 g/mol. The highest BCUT2D eigenvalue weighted by Crippen LogP contribution is 2.31.